The highest BCUT2D eigenvalue weighted by Gasteiger charge is 2.31. The SMILES string of the molecule is CNC1(C)CCN(C(=O)c2ccc3c(c2)OCCO3)CC1. The smallest absolute Gasteiger partial charge is 0.253 e. The third kappa shape index (κ3) is 2.83. The van der Waals surface area contributed by atoms with Gasteiger partial charge in [-0.15, -0.1) is 0 Å². The maximum Gasteiger partial charge on any atom is 0.253 e. The van der Waals surface area contributed by atoms with E-state index in [0.717, 1.165) is 31.7 Å². The second-order valence-corrected chi connectivity index (χ2v) is 5.96. The van der Waals surface area contributed by atoms with Gasteiger partial charge in [0.2, 0.25) is 0 Å². The molecule has 0 aromatic heterocycles. The molecule has 2 aliphatic heterocycles. The molecule has 0 spiro atoms. The average molecular weight is 290 g/mol. The average Bonchev–Trinajstić information content (AvgIpc) is 2.54. The molecule has 0 saturated carbocycles. The standard InChI is InChI=1S/C16H22N2O3/c1-16(17-2)5-7-18(8-6-16)15(19)12-3-4-13-14(11-12)21-10-9-20-13/h3-4,11,17H,5-10H2,1-2H3. The summed E-state index contributed by atoms with van der Waals surface area (Å²) in [5.41, 5.74) is 0.816. The lowest BCUT2D eigenvalue weighted by molar-refractivity contribution is 0.0661. The van der Waals surface area contributed by atoms with Gasteiger partial charge in [0.1, 0.15) is 13.2 Å². The minimum Gasteiger partial charge on any atom is -0.486 e. The second kappa shape index (κ2) is 5.56. The van der Waals surface area contributed by atoms with Crippen LogP contribution >= 0.6 is 0 Å². The molecule has 1 aromatic rings. The third-order valence-electron chi connectivity index (χ3n) is 4.55. The zero-order valence-corrected chi connectivity index (χ0v) is 12.6. The maximum atomic E-state index is 12.6. The lowest BCUT2D eigenvalue weighted by Gasteiger charge is -2.39. The summed E-state index contributed by atoms with van der Waals surface area (Å²) in [4.78, 5) is 14.5. The first-order chi connectivity index (χ1) is 10.1. The fourth-order valence-electron chi connectivity index (χ4n) is 2.81. The fraction of sp³-hybridized carbons (Fsp3) is 0.562. The summed E-state index contributed by atoms with van der Waals surface area (Å²) in [6.07, 6.45) is 1.94. The Kier molecular flexibility index (Phi) is 3.76. The van der Waals surface area contributed by atoms with Gasteiger partial charge in [0.15, 0.2) is 11.5 Å². The van der Waals surface area contributed by atoms with E-state index < -0.39 is 0 Å². The van der Waals surface area contributed by atoms with Crippen LogP contribution in [0.15, 0.2) is 18.2 Å². The number of hydrogen-bond donors (Lipinski definition) is 1. The lowest BCUT2D eigenvalue weighted by atomic mass is 9.89. The van der Waals surface area contributed by atoms with Gasteiger partial charge in [-0.05, 0) is 45.0 Å². The third-order valence-corrected chi connectivity index (χ3v) is 4.55. The van der Waals surface area contributed by atoms with Gasteiger partial charge in [0.05, 0.1) is 0 Å². The summed E-state index contributed by atoms with van der Waals surface area (Å²) in [5, 5.41) is 3.35. The molecule has 1 amide bonds. The largest absolute Gasteiger partial charge is 0.486 e. The van der Waals surface area contributed by atoms with E-state index in [1.54, 1.807) is 6.07 Å². The van der Waals surface area contributed by atoms with E-state index in [-0.39, 0.29) is 11.4 Å². The van der Waals surface area contributed by atoms with Crippen molar-refractivity contribution in [2.45, 2.75) is 25.3 Å². The molecular weight excluding hydrogens is 268 g/mol. The number of hydrogen-bond acceptors (Lipinski definition) is 4. The molecule has 0 unspecified atom stereocenters. The second-order valence-electron chi connectivity index (χ2n) is 5.96. The van der Waals surface area contributed by atoms with Crippen molar-refractivity contribution in [2.24, 2.45) is 0 Å². The van der Waals surface area contributed by atoms with Crippen molar-refractivity contribution in [1.29, 1.82) is 0 Å². The van der Waals surface area contributed by atoms with E-state index in [0.29, 0.717) is 24.5 Å². The molecule has 3 rings (SSSR count). The van der Waals surface area contributed by atoms with Crippen molar-refractivity contribution < 1.29 is 14.3 Å². The Labute approximate surface area is 125 Å². The van der Waals surface area contributed by atoms with Crippen LogP contribution in [-0.4, -0.2) is 49.7 Å². The van der Waals surface area contributed by atoms with Crippen molar-refractivity contribution in [1.82, 2.24) is 10.2 Å². The number of fused-ring (bicyclic) bond motifs is 1. The van der Waals surface area contributed by atoms with E-state index in [1.165, 1.54) is 0 Å². The molecule has 0 radical (unpaired) electrons. The Hall–Kier alpha value is -1.75. The van der Waals surface area contributed by atoms with Gasteiger partial charge in [-0.25, -0.2) is 0 Å². The molecule has 1 aromatic carbocycles. The molecule has 2 heterocycles. The molecule has 21 heavy (non-hydrogen) atoms. The van der Waals surface area contributed by atoms with Gasteiger partial charge < -0.3 is 19.7 Å². The Bertz CT molecular complexity index is 536. The van der Waals surface area contributed by atoms with Gasteiger partial charge in [0, 0.05) is 24.2 Å². The quantitative estimate of drug-likeness (QED) is 0.900. The van der Waals surface area contributed by atoms with E-state index in [4.69, 9.17) is 9.47 Å². The van der Waals surface area contributed by atoms with E-state index in [1.807, 2.05) is 24.1 Å². The van der Waals surface area contributed by atoms with Crippen LogP contribution < -0.4 is 14.8 Å². The number of nitrogens with zero attached hydrogens (tertiary/aromatic N) is 1. The normalized spacial score (nSPS) is 20.2. The van der Waals surface area contributed by atoms with Crippen molar-refractivity contribution in [2.75, 3.05) is 33.4 Å². The number of nitrogens with one attached hydrogen (secondary N) is 1. The summed E-state index contributed by atoms with van der Waals surface area (Å²) in [5.74, 6) is 1.47. The number of carbonyl (C=O) groups is 1. The number of likely N-dealkylation sites (tertiary alicyclic amines) is 1. The predicted octanol–water partition coefficient (Wildman–Crippen LogP) is 1.67. The highest BCUT2D eigenvalue weighted by Crippen LogP contribution is 2.31. The Morgan fingerprint density at radius 1 is 1.19 bits per heavy atom. The summed E-state index contributed by atoms with van der Waals surface area (Å²) in [6.45, 7) is 4.87. The first kappa shape index (κ1) is 14.2. The topological polar surface area (TPSA) is 50.8 Å². The maximum absolute atomic E-state index is 12.6. The van der Waals surface area contributed by atoms with Crippen molar-refractivity contribution >= 4 is 5.91 Å². The van der Waals surface area contributed by atoms with E-state index in [2.05, 4.69) is 12.2 Å². The number of ether oxygens (including phenoxy) is 2. The molecular formula is C16H22N2O3. The number of carbonyl (C=O) groups excluding carboxylic acids is 1. The van der Waals surface area contributed by atoms with Crippen LogP contribution in [0, 0.1) is 0 Å². The van der Waals surface area contributed by atoms with Gasteiger partial charge >= 0.3 is 0 Å². The van der Waals surface area contributed by atoms with Crippen LogP contribution in [0.3, 0.4) is 0 Å². The van der Waals surface area contributed by atoms with Crippen LogP contribution in [0.25, 0.3) is 0 Å². The number of piperidine rings is 1. The molecule has 0 atom stereocenters. The minimum atomic E-state index is 0.0742. The highest BCUT2D eigenvalue weighted by atomic mass is 16.6. The number of rotatable bonds is 2. The van der Waals surface area contributed by atoms with Crippen LogP contribution in [0.4, 0.5) is 0 Å². The Morgan fingerprint density at radius 3 is 2.52 bits per heavy atom. The van der Waals surface area contributed by atoms with Crippen LogP contribution in [-0.2, 0) is 0 Å². The van der Waals surface area contributed by atoms with Crippen LogP contribution in [0.1, 0.15) is 30.1 Å². The molecule has 5 heteroatoms. The van der Waals surface area contributed by atoms with Crippen LogP contribution in [0.2, 0.25) is 0 Å². The van der Waals surface area contributed by atoms with Crippen LogP contribution in [0.5, 0.6) is 11.5 Å². The highest BCUT2D eigenvalue weighted by molar-refractivity contribution is 5.95. The van der Waals surface area contributed by atoms with E-state index >= 15 is 0 Å². The van der Waals surface area contributed by atoms with Gasteiger partial charge in [-0.3, -0.25) is 4.79 Å². The number of benzene rings is 1. The Balaban J connectivity index is 1.71. The molecule has 5 nitrogen and oxygen atoms in total. The Morgan fingerprint density at radius 2 is 1.86 bits per heavy atom. The zero-order valence-electron chi connectivity index (χ0n) is 12.6. The molecule has 2 aliphatic rings. The van der Waals surface area contributed by atoms with Crippen molar-refractivity contribution in [3.63, 3.8) is 0 Å². The first-order valence-electron chi connectivity index (χ1n) is 7.49. The molecule has 1 N–H and O–H groups in total. The molecule has 0 bridgehead atoms. The molecule has 114 valence electrons. The monoisotopic (exact) mass is 290 g/mol. The van der Waals surface area contributed by atoms with Crippen molar-refractivity contribution in [3.05, 3.63) is 23.8 Å². The summed E-state index contributed by atoms with van der Waals surface area (Å²) in [6, 6.07) is 5.44. The summed E-state index contributed by atoms with van der Waals surface area (Å²) < 4.78 is 11.0. The number of amides is 1. The molecule has 0 aliphatic carbocycles. The molecule has 1 saturated heterocycles. The fourth-order valence-corrected chi connectivity index (χ4v) is 2.81. The lowest BCUT2D eigenvalue weighted by Crippen LogP contribution is -2.51. The van der Waals surface area contributed by atoms with Gasteiger partial charge in [0.25, 0.3) is 5.91 Å². The summed E-state index contributed by atoms with van der Waals surface area (Å²) >= 11 is 0. The minimum absolute atomic E-state index is 0.0742. The van der Waals surface area contributed by atoms with Gasteiger partial charge in [-0.1, -0.05) is 0 Å². The predicted molar refractivity (Wildman–Crippen MR) is 80.0 cm³/mol. The molecule has 1 fully saturated rings. The van der Waals surface area contributed by atoms with Gasteiger partial charge in [-0.2, -0.15) is 0 Å². The van der Waals surface area contributed by atoms with E-state index in [9.17, 15) is 4.79 Å². The van der Waals surface area contributed by atoms with Crippen molar-refractivity contribution in [3.8, 4) is 11.5 Å². The summed E-state index contributed by atoms with van der Waals surface area (Å²) in [7, 11) is 1.98. The zero-order chi connectivity index (χ0) is 14.9. The first-order valence-corrected chi connectivity index (χ1v) is 7.49.